The molecule has 0 radical (unpaired) electrons. The van der Waals surface area contributed by atoms with Gasteiger partial charge in [0.25, 0.3) is 5.69 Å². The molecule has 2 heterocycles. The standard InChI is InChI=1S/C18H19N3O4/c22-21(23)16-4-2-1-3-14(16)12-19-7-9-20(10-8-19)15-5-6-17-18(11-15)25-13-24-17/h1-6,11H,7-10,12-13H2. The van der Waals surface area contributed by atoms with Crippen molar-refractivity contribution in [1.29, 1.82) is 0 Å². The lowest BCUT2D eigenvalue weighted by molar-refractivity contribution is -0.385. The van der Waals surface area contributed by atoms with Crippen molar-refractivity contribution in [1.82, 2.24) is 4.90 Å². The summed E-state index contributed by atoms with van der Waals surface area (Å²) in [6.45, 7) is 4.36. The lowest BCUT2D eigenvalue weighted by atomic mass is 10.1. The molecule has 1 fully saturated rings. The maximum absolute atomic E-state index is 11.2. The van der Waals surface area contributed by atoms with Crippen LogP contribution in [0.25, 0.3) is 0 Å². The number of nitrogens with zero attached hydrogens (tertiary/aromatic N) is 3. The summed E-state index contributed by atoms with van der Waals surface area (Å²) in [4.78, 5) is 15.4. The van der Waals surface area contributed by atoms with Gasteiger partial charge in [0.15, 0.2) is 11.5 Å². The van der Waals surface area contributed by atoms with Gasteiger partial charge in [0.1, 0.15) is 0 Å². The molecule has 0 spiro atoms. The SMILES string of the molecule is O=[N+]([O-])c1ccccc1CN1CCN(c2ccc3c(c2)OCO3)CC1. The van der Waals surface area contributed by atoms with E-state index in [1.165, 1.54) is 0 Å². The number of ether oxygens (including phenoxy) is 2. The second-order valence-electron chi connectivity index (χ2n) is 6.19. The molecule has 0 unspecified atom stereocenters. The Morgan fingerprint density at radius 1 is 1.00 bits per heavy atom. The lowest BCUT2D eigenvalue weighted by Crippen LogP contribution is -2.46. The first-order valence-corrected chi connectivity index (χ1v) is 8.30. The zero-order valence-electron chi connectivity index (χ0n) is 13.8. The first kappa shape index (κ1) is 15.7. The highest BCUT2D eigenvalue weighted by atomic mass is 16.7. The molecule has 130 valence electrons. The number of benzene rings is 2. The first-order valence-electron chi connectivity index (χ1n) is 8.30. The van der Waals surface area contributed by atoms with E-state index in [-0.39, 0.29) is 17.4 Å². The maximum atomic E-state index is 11.2. The summed E-state index contributed by atoms with van der Waals surface area (Å²) in [6.07, 6.45) is 0. The minimum atomic E-state index is -0.307. The molecule has 0 atom stereocenters. The van der Waals surface area contributed by atoms with Crippen LogP contribution in [0.2, 0.25) is 0 Å². The number of hydrogen-bond acceptors (Lipinski definition) is 6. The molecule has 4 rings (SSSR count). The number of nitro benzene ring substituents is 1. The van der Waals surface area contributed by atoms with Crippen LogP contribution in [0.1, 0.15) is 5.56 Å². The van der Waals surface area contributed by atoms with Crippen molar-refractivity contribution < 1.29 is 14.4 Å². The van der Waals surface area contributed by atoms with Crippen LogP contribution in [-0.2, 0) is 6.54 Å². The summed E-state index contributed by atoms with van der Waals surface area (Å²) in [6, 6.07) is 13.0. The van der Waals surface area contributed by atoms with Crippen LogP contribution in [0, 0.1) is 10.1 Å². The molecule has 2 aliphatic heterocycles. The Hall–Kier alpha value is -2.80. The minimum absolute atomic E-state index is 0.195. The van der Waals surface area contributed by atoms with Gasteiger partial charge in [-0.25, -0.2) is 0 Å². The molecule has 0 amide bonds. The van der Waals surface area contributed by atoms with Crippen LogP contribution in [0.4, 0.5) is 11.4 Å². The molecule has 2 aliphatic rings. The molecule has 25 heavy (non-hydrogen) atoms. The smallest absolute Gasteiger partial charge is 0.273 e. The molecule has 0 aromatic heterocycles. The lowest BCUT2D eigenvalue weighted by Gasteiger charge is -2.36. The third-order valence-electron chi connectivity index (χ3n) is 4.68. The van der Waals surface area contributed by atoms with Crippen molar-refractivity contribution in [3.8, 4) is 11.5 Å². The summed E-state index contributed by atoms with van der Waals surface area (Å²) in [5, 5.41) is 11.2. The van der Waals surface area contributed by atoms with E-state index in [9.17, 15) is 10.1 Å². The largest absolute Gasteiger partial charge is 0.454 e. The summed E-state index contributed by atoms with van der Waals surface area (Å²) in [7, 11) is 0. The van der Waals surface area contributed by atoms with Gasteiger partial charge in [-0.1, -0.05) is 18.2 Å². The average Bonchev–Trinajstić information content (AvgIpc) is 3.10. The van der Waals surface area contributed by atoms with Crippen molar-refractivity contribution >= 4 is 11.4 Å². The third-order valence-corrected chi connectivity index (χ3v) is 4.68. The van der Waals surface area contributed by atoms with Crippen molar-refractivity contribution in [3.63, 3.8) is 0 Å². The number of para-hydroxylation sites is 1. The Balaban J connectivity index is 1.40. The highest BCUT2D eigenvalue weighted by Gasteiger charge is 2.22. The van der Waals surface area contributed by atoms with E-state index in [1.54, 1.807) is 12.1 Å². The summed E-state index contributed by atoms with van der Waals surface area (Å²) in [5.41, 5.74) is 2.08. The van der Waals surface area contributed by atoms with Gasteiger partial charge < -0.3 is 14.4 Å². The number of fused-ring (bicyclic) bond motifs is 1. The molecule has 2 aromatic rings. The monoisotopic (exact) mass is 341 g/mol. The molecule has 7 heteroatoms. The Labute approximate surface area is 145 Å². The number of rotatable bonds is 4. The Morgan fingerprint density at radius 2 is 1.76 bits per heavy atom. The topological polar surface area (TPSA) is 68.1 Å². The van der Waals surface area contributed by atoms with Gasteiger partial charge >= 0.3 is 0 Å². The predicted octanol–water partition coefficient (Wildman–Crippen LogP) is 2.65. The van der Waals surface area contributed by atoms with Crippen molar-refractivity contribution in [2.45, 2.75) is 6.54 Å². The number of nitro groups is 1. The average molecular weight is 341 g/mol. The Kier molecular flexibility index (Phi) is 4.15. The first-order chi connectivity index (χ1) is 12.2. The van der Waals surface area contributed by atoms with Crippen molar-refractivity contribution in [3.05, 3.63) is 58.1 Å². The minimum Gasteiger partial charge on any atom is -0.454 e. The van der Waals surface area contributed by atoms with Gasteiger partial charge in [-0.3, -0.25) is 15.0 Å². The normalized spacial score (nSPS) is 16.9. The number of piperazine rings is 1. The van der Waals surface area contributed by atoms with Crippen molar-refractivity contribution in [2.75, 3.05) is 37.9 Å². The molecular formula is C18H19N3O4. The van der Waals surface area contributed by atoms with Gasteiger partial charge in [-0.2, -0.15) is 0 Å². The van der Waals surface area contributed by atoms with Crippen LogP contribution in [0.3, 0.4) is 0 Å². The van der Waals surface area contributed by atoms with Crippen LogP contribution >= 0.6 is 0 Å². The van der Waals surface area contributed by atoms with Crippen LogP contribution in [0.5, 0.6) is 11.5 Å². The molecule has 0 bridgehead atoms. The van der Waals surface area contributed by atoms with Crippen LogP contribution < -0.4 is 14.4 Å². The predicted molar refractivity (Wildman–Crippen MR) is 93.2 cm³/mol. The summed E-state index contributed by atoms with van der Waals surface area (Å²) >= 11 is 0. The summed E-state index contributed by atoms with van der Waals surface area (Å²) < 4.78 is 10.8. The molecule has 1 saturated heterocycles. The van der Waals surface area contributed by atoms with E-state index in [2.05, 4.69) is 9.80 Å². The van der Waals surface area contributed by atoms with E-state index < -0.39 is 0 Å². The molecule has 0 N–H and O–H groups in total. The summed E-state index contributed by atoms with van der Waals surface area (Å²) in [5.74, 6) is 1.58. The third kappa shape index (κ3) is 3.23. The van der Waals surface area contributed by atoms with Gasteiger partial charge in [-0.15, -0.1) is 0 Å². The second kappa shape index (κ2) is 6.60. The van der Waals surface area contributed by atoms with Crippen LogP contribution in [0.15, 0.2) is 42.5 Å². The van der Waals surface area contributed by atoms with E-state index in [0.29, 0.717) is 6.54 Å². The zero-order chi connectivity index (χ0) is 17.2. The highest BCUT2D eigenvalue weighted by Crippen LogP contribution is 2.35. The fourth-order valence-electron chi connectivity index (χ4n) is 3.31. The fourth-order valence-corrected chi connectivity index (χ4v) is 3.31. The van der Waals surface area contributed by atoms with E-state index >= 15 is 0 Å². The molecule has 0 aliphatic carbocycles. The van der Waals surface area contributed by atoms with Crippen LogP contribution in [-0.4, -0.2) is 42.8 Å². The van der Waals surface area contributed by atoms with Gasteiger partial charge in [0, 0.05) is 56.1 Å². The second-order valence-corrected chi connectivity index (χ2v) is 6.19. The maximum Gasteiger partial charge on any atom is 0.273 e. The number of anilines is 1. The Bertz CT molecular complexity index is 788. The van der Waals surface area contributed by atoms with Gasteiger partial charge in [0.05, 0.1) is 4.92 Å². The van der Waals surface area contributed by atoms with E-state index in [1.807, 2.05) is 30.3 Å². The quantitative estimate of drug-likeness (QED) is 0.629. The molecular weight excluding hydrogens is 322 g/mol. The molecule has 2 aromatic carbocycles. The number of hydrogen-bond donors (Lipinski definition) is 0. The van der Waals surface area contributed by atoms with Gasteiger partial charge in [0.2, 0.25) is 6.79 Å². The van der Waals surface area contributed by atoms with Gasteiger partial charge in [-0.05, 0) is 12.1 Å². The highest BCUT2D eigenvalue weighted by molar-refractivity contribution is 5.57. The van der Waals surface area contributed by atoms with E-state index in [4.69, 9.17) is 9.47 Å². The van der Waals surface area contributed by atoms with Crippen molar-refractivity contribution in [2.24, 2.45) is 0 Å². The fraction of sp³-hybridized carbons (Fsp3) is 0.333. The zero-order valence-corrected chi connectivity index (χ0v) is 13.8. The van der Waals surface area contributed by atoms with E-state index in [0.717, 1.165) is 48.9 Å². The Morgan fingerprint density at radius 3 is 2.56 bits per heavy atom. The molecule has 7 nitrogen and oxygen atoms in total. The molecule has 0 saturated carbocycles.